The third kappa shape index (κ3) is 218. The molecule has 11 heteroatoms. The minimum Gasteiger partial charge on any atom is -2.00 e. The van der Waals surface area contributed by atoms with Crippen molar-refractivity contribution in [2.45, 2.75) is 0 Å². The molecule has 0 aliphatic rings. The Morgan fingerprint density at radius 1 is 0.273 bits per heavy atom. The maximum atomic E-state index is 0. The van der Waals surface area contributed by atoms with E-state index < -0.39 is 0 Å². The van der Waals surface area contributed by atoms with E-state index in [-0.39, 0.29) is 125 Å². The Balaban J connectivity index is 0. The van der Waals surface area contributed by atoms with Gasteiger partial charge in [-0.25, -0.2) is 0 Å². The largest absolute Gasteiger partial charge is 4.00 e. The molecule has 0 aromatic heterocycles. The van der Waals surface area contributed by atoms with E-state index in [1.165, 1.54) is 0 Å². The summed E-state index contributed by atoms with van der Waals surface area (Å²) in [5.41, 5.74) is 0. The summed E-state index contributed by atoms with van der Waals surface area (Å²) in [5.74, 6) is 0. The molecule has 0 amide bonds. The second-order valence-electron chi connectivity index (χ2n) is 0. The van der Waals surface area contributed by atoms with Crippen LogP contribution in [0.3, 0.4) is 0 Å². The molecular weight excluding hydrogens is 406 g/mol. The van der Waals surface area contributed by atoms with E-state index in [1.807, 2.05) is 0 Å². The molecule has 0 N–H and O–H groups in total. The van der Waals surface area contributed by atoms with Crippen molar-refractivity contribution in [3.8, 4) is 0 Å². The van der Waals surface area contributed by atoms with E-state index in [2.05, 4.69) is 0 Å². The fourth-order valence-electron chi connectivity index (χ4n) is 0. The molecule has 7 nitrogen and oxygen atoms in total. The summed E-state index contributed by atoms with van der Waals surface area (Å²) in [6.07, 6.45) is 0. The first-order chi connectivity index (χ1) is 0. The van der Waals surface area contributed by atoms with Crippen LogP contribution < -0.4 is 0 Å². The topological polar surface area (TPSA) is 200 Å². The molecule has 66 valence electrons. The summed E-state index contributed by atoms with van der Waals surface area (Å²) in [6.45, 7) is 0. The molecule has 0 bridgehead atoms. The maximum absolute atomic E-state index is 0. The van der Waals surface area contributed by atoms with Crippen LogP contribution in [0.5, 0.6) is 0 Å². The molecule has 0 heterocycles. The first-order valence-electron chi connectivity index (χ1n) is 0. The van der Waals surface area contributed by atoms with Crippen LogP contribution >= 0.6 is 0 Å². The van der Waals surface area contributed by atoms with Gasteiger partial charge in [-0.15, -0.1) is 0 Å². The van der Waals surface area contributed by atoms with Crippen LogP contribution in [-0.4, -0.2) is 0 Å². The fraction of sp³-hybridized carbons (Fsp3) is 0. The third-order valence-electron chi connectivity index (χ3n) is 0. The standard InChI is InChI=1S/2Fe.7O.2Zr/q2*+3;7*-2;2*+4. The van der Waals surface area contributed by atoms with Crippen molar-refractivity contribution < 1.29 is 125 Å². The zero-order chi connectivity index (χ0) is 0. The Kier molecular flexibility index (Phi) is 7890. The SMILES string of the molecule is [Fe+3].[Fe+3].[O-2].[O-2].[O-2].[O-2].[O-2].[O-2].[O-2].[Zr+4].[Zr+4]. The van der Waals surface area contributed by atoms with Gasteiger partial charge in [0.1, 0.15) is 0 Å². The van der Waals surface area contributed by atoms with Crippen molar-refractivity contribution in [3.63, 3.8) is 0 Å². The molecule has 0 aromatic carbocycles. The molecule has 0 unspecified atom stereocenters. The predicted molar refractivity (Wildman–Crippen MR) is 4.81 cm³/mol. The van der Waals surface area contributed by atoms with Gasteiger partial charge in [0.05, 0.1) is 0 Å². The van der Waals surface area contributed by atoms with Gasteiger partial charge in [-0.1, -0.05) is 0 Å². The van der Waals surface area contributed by atoms with Gasteiger partial charge in [0.2, 0.25) is 0 Å². The number of hydrogen-bond donors (Lipinski definition) is 0. The van der Waals surface area contributed by atoms with E-state index in [1.54, 1.807) is 0 Å². The summed E-state index contributed by atoms with van der Waals surface area (Å²) >= 11 is 0. The second-order valence-corrected chi connectivity index (χ2v) is 0. The Bertz CT molecular complexity index is 14.4. The van der Waals surface area contributed by atoms with Crippen LogP contribution in [0, 0.1) is 0 Å². The smallest absolute Gasteiger partial charge is 2.00 e. The van der Waals surface area contributed by atoms with Crippen molar-refractivity contribution in [1.29, 1.82) is 0 Å². The molecule has 0 aromatic rings. The number of hydrogen-bond acceptors (Lipinski definition) is 0. The fourth-order valence-corrected chi connectivity index (χ4v) is 0. The van der Waals surface area contributed by atoms with Crippen LogP contribution in [0.4, 0.5) is 0 Å². The molecule has 0 saturated carbocycles. The van der Waals surface area contributed by atoms with Crippen LogP contribution in [0.2, 0.25) is 0 Å². The molecule has 0 aliphatic carbocycles. The van der Waals surface area contributed by atoms with Gasteiger partial charge in [-0.2, -0.15) is 0 Å². The van der Waals surface area contributed by atoms with Gasteiger partial charge in [-0.05, 0) is 0 Å². The minimum absolute atomic E-state index is 0. The summed E-state index contributed by atoms with van der Waals surface area (Å²) in [6, 6.07) is 0. The summed E-state index contributed by atoms with van der Waals surface area (Å²) in [4.78, 5) is 0. The monoisotopic (exact) mass is 404 g/mol. The van der Waals surface area contributed by atoms with Gasteiger partial charge >= 0.3 is 86.5 Å². The van der Waals surface area contributed by atoms with Gasteiger partial charge in [0.15, 0.2) is 0 Å². The Labute approximate surface area is 123 Å². The summed E-state index contributed by atoms with van der Waals surface area (Å²) < 4.78 is 0. The number of rotatable bonds is 0. The maximum Gasteiger partial charge on any atom is 4.00 e. The molecule has 0 saturated heterocycles. The molecule has 11 heavy (non-hydrogen) atoms. The average molecular weight is 406 g/mol. The summed E-state index contributed by atoms with van der Waals surface area (Å²) in [7, 11) is 0. The molecule has 2 radical (unpaired) electrons. The molecule has 0 spiro atoms. The van der Waals surface area contributed by atoms with Crippen molar-refractivity contribution in [3.05, 3.63) is 0 Å². The van der Waals surface area contributed by atoms with Gasteiger partial charge in [0, 0.05) is 0 Å². The van der Waals surface area contributed by atoms with E-state index >= 15 is 0 Å². The third-order valence-corrected chi connectivity index (χ3v) is 0. The van der Waals surface area contributed by atoms with Crippen molar-refractivity contribution >= 4 is 0 Å². The van der Waals surface area contributed by atoms with Gasteiger partial charge < -0.3 is 38.3 Å². The van der Waals surface area contributed by atoms with Crippen LogP contribution in [0.25, 0.3) is 0 Å². The molecular formula is Fe2O7Zr2. The van der Waals surface area contributed by atoms with Crippen LogP contribution in [0.15, 0.2) is 0 Å². The first-order valence-corrected chi connectivity index (χ1v) is 0. The van der Waals surface area contributed by atoms with Crippen molar-refractivity contribution in [2.24, 2.45) is 0 Å². The minimum atomic E-state index is 0. The van der Waals surface area contributed by atoms with Gasteiger partial charge in [-0.3, -0.25) is 0 Å². The van der Waals surface area contributed by atoms with Crippen LogP contribution in [-0.2, 0) is 125 Å². The molecule has 0 atom stereocenters. The Morgan fingerprint density at radius 3 is 0.273 bits per heavy atom. The molecule has 0 fully saturated rings. The quantitative estimate of drug-likeness (QED) is 0.452. The van der Waals surface area contributed by atoms with E-state index in [9.17, 15) is 0 Å². The average Bonchev–Trinajstić information content (AvgIpc) is 0. The molecule has 0 aliphatic heterocycles. The predicted octanol–water partition coefficient (Wildman–Crippen LogP) is -0.842. The zero-order valence-electron chi connectivity index (χ0n) is 4.56. The van der Waals surface area contributed by atoms with E-state index in [0.29, 0.717) is 0 Å². The zero-order valence-corrected chi connectivity index (χ0v) is 11.7. The second kappa shape index (κ2) is 261. The first kappa shape index (κ1) is 333. The van der Waals surface area contributed by atoms with E-state index in [4.69, 9.17) is 0 Å². The van der Waals surface area contributed by atoms with Gasteiger partial charge in [0.25, 0.3) is 0 Å². The van der Waals surface area contributed by atoms with E-state index in [0.717, 1.165) is 0 Å². The Morgan fingerprint density at radius 2 is 0.273 bits per heavy atom. The Hall–Kier alpha value is 2.53. The summed E-state index contributed by atoms with van der Waals surface area (Å²) in [5, 5.41) is 0. The van der Waals surface area contributed by atoms with Crippen molar-refractivity contribution in [1.82, 2.24) is 0 Å². The van der Waals surface area contributed by atoms with Crippen LogP contribution in [0.1, 0.15) is 0 Å². The normalized spacial score (nSPS) is 0. The van der Waals surface area contributed by atoms with Crippen molar-refractivity contribution in [2.75, 3.05) is 0 Å². The molecule has 0 rings (SSSR count).